The van der Waals surface area contributed by atoms with Crippen molar-refractivity contribution < 1.29 is 9.53 Å². The number of nitrogens with one attached hydrogen (secondary N) is 2. The van der Waals surface area contributed by atoms with Crippen molar-refractivity contribution in [2.24, 2.45) is 0 Å². The number of benzene rings is 1. The minimum atomic E-state index is -0.0875. The van der Waals surface area contributed by atoms with Crippen LogP contribution in [-0.2, 0) is 0 Å². The van der Waals surface area contributed by atoms with Crippen LogP contribution in [0.1, 0.15) is 36.2 Å². The number of aromatic amines is 1. The quantitative estimate of drug-likeness (QED) is 0.907. The van der Waals surface area contributed by atoms with E-state index < -0.39 is 0 Å². The number of hydrogen-bond donors (Lipinski definition) is 2. The van der Waals surface area contributed by atoms with Crippen LogP contribution < -0.4 is 10.1 Å². The number of methoxy groups -OCH3 is 1. The molecule has 0 unspecified atom stereocenters. The van der Waals surface area contributed by atoms with Gasteiger partial charge in [-0.2, -0.15) is 5.10 Å². The lowest BCUT2D eigenvalue weighted by molar-refractivity contribution is 0.0933. The number of ether oxygens (including phenoxy) is 1. The van der Waals surface area contributed by atoms with Gasteiger partial charge in [-0.1, -0.05) is 25.0 Å². The van der Waals surface area contributed by atoms with E-state index >= 15 is 0 Å². The maximum Gasteiger partial charge on any atom is 0.269 e. The first-order valence-electron chi connectivity index (χ1n) is 7.27. The molecule has 21 heavy (non-hydrogen) atoms. The maximum atomic E-state index is 12.2. The summed E-state index contributed by atoms with van der Waals surface area (Å²) in [7, 11) is 1.62. The lowest BCUT2D eigenvalue weighted by atomic mass is 10.1. The first-order valence-corrected chi connectivity index (χ1v) is 7.27. The minimum absolute atomic E-state index is 0.0875. The average Bonchev–Trinajstić information content (AvgIpc) is 3.18. The fraction of sp³-hybridized carbons (Fsp3) is 0.375. The Morgan fingerprint density at radius 3 is 2.86 bits per heavy atom. The summed E-state index contributed by atoms with van der Waals surface area (Å²) < 4.78 is 5.32. The Morgan fingerprint density at radius 2 is 2.10 bits per heavy atom. The second-order valence-electron chi connectivity index (χ2n) is 5.32. The van der Waals surface area contributed by atoms with Crippen LogP contribution in [0.2, 0.25) is 0 Å². The number of rotatable bonds is 4. The zero-order valence-electron chi connectivity index (χ0n) is 12.1. The number of nitrogens with zero attached hydrogens (tertiary/aromatic N) is 1. The van der Waals surface area contributed by atoms with E-state index in [4.69, 9.17) is 4.74 Å². The van der Waals surface area contributed by atoms with Gasteiger partial charge in [0.2, 0.25) is 0 Å². The molecule has 5 nitrogen and oxygen atoms in total. The highest BCUT2D eigenvalue weighted by Gasteiger charge is 2.19. The summed E-state index contributed by atoms with van der Waals surface area (Å²) in [6.07, 6.45) is 4.53. The van der Waals surface area contributed by atoms with E-state index in [9.17, 15) is 4.79 Å². The van der Waals surface area contributed by atoms with Gasteiger partial charge in [0.15, 0.2) is 0 Å². The van der Waals surface area contributed by atoms with E-state index in [1.807, 2.05) is 24.3 Å². The lowest BCUT2D eigenvalue weighted by Gasteiger charge is -2.10. The second-order valence-corrected chi connectivity index (χ2v) is 5.32. The number of carbonyl (C=O) groups excluding carboxylic acids is 1. The molecule has 110 valence electrons. The third-order valence-electron chi connectivity index (χ3n) is 3.90. The van der Waals surface area contributed by atoms with Gasteiger partial charge in [0.1, 0.15) is 11.4 Å². The Morgan fingerprint density at radius 1 is 1.33 bits per heavy atom. The molecule has 1 fully saturated rings. The van der Waals surface area contributed by atoms with Crippen LogP contribution in [0.4, 0.5) is 0 Å². The van der Waals surface area contributed by atoms with Crippen LogP contribution in [-0.4, -0.2) is 29.3 Å². The van der Waals surface area contributed by atoms with E-state index in [2.05, 4.69) is 15.5 Å². The highest BCUT2D eigenvalue weighted by Crippen LogP contribution is 2.28. The van der Waals surface area contributed by atoms with Gasteiger partial charge in [-0.05, 0) is 31.0 Å². The molecule has 3 rings (SSSR count). The van der Waals surface area contributed by atoms with Crippen LogP contribution in [0.25, 0.3) is 11.3 Å². The standard InChI is InChI=1S/C16H19N3O2/c1-21-15-9-5-4-8-12(15)13-10-14(19-18-13)16(20)17-11-6-2-3-7-11/h4-5,8-11H,2-3,6-7H2,1H3,(H,17,20)(H,18,19). The summed E-state index contributed by atoms with van der Waals surface area (Å²) >= 11 is 0. The van der Waals surface area contributed by atoms with Crippen molar-refractivity contribution in [3.05, 3.63) is 36.0 Å². The summed E-state index contributed by atoms with van der Waals surface area (Å²) in [6.45, 7) is 0. The van der Waals surface area contributed by atoms with Crippen molar-refractivity contribution in [3.63, 3.8) is 0 Å². The van der Waals surface area contributed by atoms with Crippen LogP contribution in [0.15, 0.2) is 30.3 Å². The molecular formula is C16H19N3O2. The van der Waals surface area contributed by atoms with Crippen molar-refractivity contribution in [1.82, 2.24) is 15.5 Å². The molecule has 1 aromatic heterocycles. The molecule has 1 amide bonds. The van der Waals surface area contributed by atoms with Gasteiger partial charge >= 0.3 is 0 Å². The SMILES string of the molecule is COc1ccccc1-c1cc(C(=O)NC2CCCC2)[nH]n1. The van der Waals surface area contributed by atoms with Gasteiger partial charge in [0.05, 0.1) is 12.8 Å². The zero-order chi connectivity index (χ0) is 14.7. The average molecular weight is 285 g/mol. The van der Waals surface area contributed by atoms with Crippen molar-refractivity contribution in [3.8, 4) is 17.0 Å². The predicted octanol–water partition coefficient (Wildman–Crippen LogP) is 2.76. The summed E-state index contributed by atoms with van der Waals surface area (Å²) in [5.74, 6) is 0.655. The van der Waals surface area contributed by atoms with Crippen LogP contribution in [0, 0.1) is 0 Å². The van der Waals surface area contributed by atoms with Crippen molar-refractivity contribution in [1.29, 1.82) is 0 Å². The van der Waals surface area contributed by atoms with Crippen molar-refractivity contribution >= 4 is 5.91 Å². The molecule has 0 aliphatic heterocycles. The largest absolute Gasteiger partial charge is 0.496 e. The molecule has 2 aromatic rings. The molecular weight excluding hydrogens is 266 g/mol. The highest BCUT2D eigenvalue weighted by molar-refractivity contribution is 5.93. The Labute approximate surface area is 123 Å². The van der Waals surface area contributed by atoms with Gasteiger partial charge in [0, 0.05) is 11.6 Å². The monoisotopic (exact) mass is 285 g/mol. The predicted molar refractivity (Wildman–Crippen MR) is 80.3 cm³/mol. The Balaban J connectivity index is 1.77. The number of aromatic nitrogens is 2. The van der Waals surface area contributed by atoms with Gasteiger partial charge < -0.3 is 10.1 Å². The van der Waals surface area contributed by atoms with Crippen LogP contribution in [0.5, 0.6) is 5.75 Å². The van der Waals surface area contributed by atoms with Crippen molar-refractivity contribution in [2.75, 3.05) is 7.11 Å². The molecule has 1 heterocycles. The number of hydrogen-bond acceptors (Lipinski definition) is 3. The van der Waals surface area contributed by atoms with E-state index in [0.717, 1.165) is 24.2 Å². The van der Waals surface area contributed by atoms with Gasteiger partial charge in [-0.3, -0.25) is 9.89 Å². The van der Waals surface area contributed by atoms with E-state index in [-0.39, 0.29) is 5.91 Å². The second kappa shape index (κ2) is 5.99. The molecule has 1 saturated carbocycles. The fourth-order valence-corrected chi connectivity index (χ4v) is 2.77. The van der Waals surface area contributed by atoms with Crippen LogP contribution in [0.3, 0.4) is 0 Å². The van der Waals surface area contributed by atoms with Gasteiger partial charge in [0.25, 0.3) is 5.91 Å². The zero-order valence-corrected chi connectivity index (χ0v) is 12.1. The Kier molecular flexibility index (Phi) is 3.90. The van der Waals surface area contributed by atoms with E-state index in [1.54, 1.807) is 13.2 Å². The number of H-pyrrole nitrogens is 1. The van der Waals surface area contributed by atoms with Gasteiger partial charge in [-0.15, -0.1) is 0 Å². The first-order chi connectivity index (χ1) is 10.3. The third kappa shape index (κ3) is 2.91. The lowest BCUT2D eigenvalue weighted by Crippen LogP contribution is -2.32. The van der Waals surface area contributed by atoms with Gasteiger partial charge in [-0.25, -0.2) is 0 Å². The summed E-state index contributed by atoms with van der Waals surface area (Å²) in [6, 6.07) is 9.70. The molecule has 0 bridgehead atoms. The number of amides is 1. The topological polar surface area (TPSA) is 67.0 Å². The minimum Gasteiger partial charge on any atom is -0.496 e. The number of carbonyl (C=O) groups is 1. The molecule has 0 radical (unpaired) electrons. The van der Waals surface area contributed by atoms with Crippen LogP contribution >= 0.6 is 0 Å². The number of para-hydroxylation sites is 1. The third-order valence-corrected chi connectivity index (χ3v) is 3.90. The first kappa shape index (κ1) is 13.7. The molecule has 1 aromatic carbocycles. The summed E-state index contributed by atoms with van der Waals surface area (Å²) in [5, 5.41) is 10.1. The van der Waals surface area contributed by atoms with Crippen molar-refractivity contribution in [2.45, 2.75) is 31.7 Å². The Bertz CT molecular complexity index is 630. The van der Waals surface area contributed by atoms with E-state index in [0.29, 0.717) is 17.4 Å². The smallest absolute Gasteiger partial charge is 0.269 e. The molecule has 0 saturated heterocycles. The molecule has 2 N–H and O–H groups in total. The summed E-state index contributed by atoms with van der Waals surface area (Å²) in [5.41, 5.74) is 2.07. The molecule has 1 aliphatic rings. The fourth-order valence-electron chi connectivity index (χ4n) is 2.77. The molecule has 0 atom stereocenters. The molecule has 0 spiro atoms. The summed E-state index contributed by atoms with van der Waals surface area (Å²) in [4.78, 5) is 12.2. The van der Waals surface area contributed by atoms with E-state index in [1.165, 1.54) is 12.8 Å². The molecule has 1 aliphatic carbocycles. The normalized spacial score (nSPS) is 15.1. The molecule has 5 heteroatoms. The maximum absolute atomic E-state index is 12.2. The Hall–Kier alpha value is -2.30. The highest BCUT2D eigenvalue weighted by atomic mass is 16.5.